The molecule has 5 nitrogen and oxygen atoms in total. The van der Waals surface area contributed by atoms with E-state index in [9.17, 15) is 0 Å². The minimum absolute atomic E-state index is 0.740. The van der Waals surface area contributed by atoms with Crippen LogP contribution in [0.15, 0.2) is 18.2 Å². The van der Waals surface area contributed by atoms with E-state index >= 15 is 0 Å². The molecule has 0 aliphatic carbocycles. The molecule has 0 saturated carbocycles. The molecule has 1 aromatic heterocycles. The van der Waals surface area contributed by atoms with Crippen molar-refractivity contribution >= 4 is 16.5 Å². The molecule has 2 rings (SSSR count). The monoisotopic (exact) mass is 265 g/mol. The average Bonchev–Trinajstić information content (AvgIpc) is 2.87. The molecular formula is C12H15N3O2S. The first kappa shape index (κ1) is 12.6. The van der Waals surface area contributed by atoms with Gasteiger partial charge >= 0.3 is 0 Å². The number of aromatic nitrogens is 2. The fourth-order valence-electron chi connectivity index (χ4n) is 1.49. The maximum Gasteiger partial charge on any atom is 0.205 e. The lowest BCUT2D eigenvalue weighted by atomic mass is 10.2. The Morgan fingerprint density at radius 3 is 2.33 bits per heavy atom. The van der Waals surface area contributed by atoms with Crippen LogP contribution in [0.3, 0.4) is 0 Å². The Bertz CT molecular complexity index is 506. The predicted molar refractivity (Wildman–Crippen MR) is 72.6 cm³/mol. The first-order chi connectivity index (χ1) is 8.76. The van der Waals surface area contributed by atoms with E-state index in [2.05, 4.69) is 15.5 Å². The minimum atomic E-state index is 0.740. The maximum atomic E-state index is 5.23. The molecule has 0 amide bonds. The largest absolute Gasteiger partial charge is 0.497 e. The van der Waals surface area contributed by atoms with Gasteiger partial charge in [0.25, 0.3) is 0 Å². The minimum Gasteiger partial charge on any atom is -0.497 e. The van der Waals surface area contributed by atoms with Crippen LogP contribution in [0.1, 0.15) is 6.92 Å². The molecule has 0 saturated heterocycles. The third-order valence-electron chi connectivity index (χ3n) is 2.35. The lowest BCUT2D eigenvalue weighted by Crippen LogP contribution is -1.94. The third kappa shape index (κ3) is 2.70. The normalized spacial score (nSPS) is 10.2. The lowest BCUT2D eigenvalue weighted by Gasteiger charge is -2.06. The molecule has 0 fully saturated rings. The van der Waals surface area contributed by atoms with Gasteiger partial charge in [0.1, 0.15) is 16.5 Å². The summed E-state index contributed by atoms with van der Waals surface area (Å²) in [6.07, 6.45) is 0. The van der Waals surface area contributed by atoms with Crippen molar-refractivity contribution in [1.82, 2.24) is 10.2 Å². The predicted octanol–water partition coefficient (Wildman–Crippen LogP) is 2.65. The second kappa shape index (κ2) is 5.68. The second-order valence-electron chi connectivity index (χ2n) is 3.54. The number of nitrogens with one attached hydrogen (secondary N) is 1. The van der Waals surface area contributed by atoms with Gasteiger partial charge in [-0.05, 0) is 19.1 Å². The van der Waals surface area contributed by atoms with E-state index in [1.807, 2.05) is 25.1 Å². The molecule has 1 N–H and O–H groups in total. The average molecular weight is 265 g/mol. The lowest BCUT2D eigenvalue weighted by molar-refractivity contribution is 0.394. The van der Waals surface area contributed by atoms with E-state index in [-0.39, 0.29) is 0 Å². The van der Waals surface area contributed by atoms with Gasteiger partial charge in [-0.3, -0.25) is 0 Å². The molecule has 6 heteroatoms. The van der Waals surface area contributed by atoms with Gasteiger partial charge in [-0.15, -0.1) is 10.2 Å². The number of methoxy groups -OCH3 is 2. The van der Waals surface area contributed by atoms with Gasteiger partial charge in [0.15, 0.2) is 0 Å². The number of benzene rings is 1. The zero-order valence-electron chi connectivity index (χ0n) is 10.6. The maximum absolute atomic E-state index is 5.23. The summed E-state index contributed by atoms with van der Waals surface area (Å²) in [4.78, 5) is 0. The summed E-state index contributed by atoms with van der Waals surface area (Å²) in [6.45, 7) is 2.85. The number of anilines is 1. The fourth-order valence-corrected chi connectivity index (χ4v) is 2.29. The molecule has 0 aliphatic rings. The molecule has 0 spiro atoms. The molecule has 2 aromatic rings. The highest BCUT2D eigenvalue weighted by Crippen LogP contribution is 2.32. The van der Waals surface area contributed by atoms with Crippen LogP contribution < -0.4 is 14.8 Å². The van der Waals surface area contributed by atoms with Crippen LogP contribution in [-0.4, -0.2) is 31.0 Å². The summed E-state index contributed by atoms with van der Waals surface area (Å²) >= 11 is 1.50. The van der Waals surface area contributed by atoms with Crippen molar-refractivity contribution in [2.24, 2.45) is 0 Å². The third-order valence-corrected chi connectivity index (χ3v) is 3.28. The molecule has 96 valence electrons. The van der Waals surface area contributed by atoms with Gasteiger partial charge in [-0.2, -0.15) is 0 Å². The van der Waals surface area contributed by atoms with Crippen molar-refractivity contribution in [1.29, 1.82) is 0 Å². The van der Waals surface area contributed by atoms with Crippen molar-refractivity contribution in [2.75, 3.05) is 26.1 Å². The molecule has 0 atom stereocenters. The van der Waals surface area contributed by atoms with E-state index in [1.165, 1.54) is 11.3 Å². The zero-order chi connectivity index (χ0) is 13.0. The van der Waals surface area contributed by atoms with Crippen molar-refractivity contribution < 1.29 is 9.47 Å². The second-order valence-corrected chi connectivity index (χ2v) is 4.52. The van der Waals surface area contributed by atoms with Crippen LogP contribution in [0.5, 0.6) is 11.5 Å². The highest BCUT2D eigenvalue weighted by Gasteiger charge is 2.09. The topological polar surface area (TPSA) is 56.3 Å². The molecule has 0 bridgehead atoms. The Balaban J connectivity index is 2.35. The first-order valence-electron chi connectivity index (χ1n) is 5.57. The first-order valence-corrected chi connectivity index (χ1v) is 6.39. The Kier molecular flexibility index (Phi) is 3.99. The van der Waals surface area contributed by atoms with Gasteiger partial charge in [-0.25, -0.2) is 0 Å². The molecule has 18 heavy (non-hydrogen) atoms. The van der Waals surface area contributed by atoms with Crippen molar-refractivity contribution in [3.8, 4) is 22.1 Å². The van der Waals surface area contributed by atoms with Crippen LogP contribution in [-0.2, 0) is 0 Å². The van der Waals surface area contributed by atoms with Crippen LogP contribution in [0.25, 0.3) is 10.6 Å². The van der Waals surface area contributed by atoms with Crippen LogP contribution >= 0.6 is 11.3 Å². The SMILES string of the molecule is CCNc1nnc(-c2cc(OC)cc(OC)c2)s1. The molecular weight excluding hydrogens is 250 g/mol. The standard InChI is InChI=1S/C12H15N3O2S/c1-4-13-12-15-14-11(18-12)8-5-9(16-2)7-10(6-8)17-3/h5-7H,4H2,1-3H3,(H,13,15). The van der Waals surface area contributed by atoms with E-state index in [0.29, 0.717) is 0 Å². The molecule has 0 radical (unpaired) electrons. The fraction of sp³-hybridized carbons (Fsp3) is 0.333. The Labute approximate surface area is 110 Å². The number of rotatable bonds is 5. The van der Waals surface area contributed by atoms with Crippen LogP contribution in [0.2, 0.25) is 0 Å². The van der Waals surface area contributed by atoms with Gasteiger partial charge in [-0.1, -0.05) is 11.3 Å². The number of ether oxygens (including phenoxy) is 2. The Morgan fingerprint density at radius 2 is 1.78 bits per heavy atom. The molecule has 0 aliphatic heterocycles. The summed E-state index contributed by atoms with van der Waals surface area (Å²) in [6, 6.07) is 5.66. The van der Waals surface area contributed by atoms with E-state index in [0.717, 1.165) is 33.7 Å². The Hall–Kier alpha value is -1.82. The summed E-state index contributed by atoms with van der Waals surface area (Å²) in [7, 11) is 3.26. The van der Waals surface area contributed by atoms with Crippen LogP contribution in [0.4, 0.5) is 5.13 Å². The molecule has 1 aromatic carbocycles. The summed E-state index contributed by atoms with van der Waals surface area (Å²) < 4.78 is 10.5. The van der Waals surface area contributed by atoms with Gasteiger partial charge in [0.05, 0.1) is 14.2 Å². The van der Waals surface area contributed by atoms with Gasteiger partial charge in [0.2, 0.25) is 5.13 Å². The van der Waals surface area contributed by atoms with Crippen molar-refractivity contribution in [3.63, 3.8) is 0 Å². The summed E-state index contributed by atoms with van der Waals surface area (Å²) in [5.41, 5.74) is 0.938. The number of hydrogen-bond donors (Lipinski definition) is 1. The van der Waals surface area contributed by atoms with Crippen molar-refractivity contribution in [2.45, 2.75) is 6.92 Å². The van der Waals surface area contributed by atoms with E-state index in [4.69, 9.17) is 9.47 Å². The summed E-state index contributed by atoms with van der Waals surface area (Å²) in [5.74, 6) is 1.48. The number of hydrogen-bond acceptors (Lipinski definition) is 6. The number of nitrogens with zero attached hydrogens (tertiary/aromatic N) is 2. The Morgan fingerprint density at radius 1 is 1.11 bits per heavy atom. The van der Waals surface area contributed by atoms with Gasteiger partial charge in [0, 0.05) is 18.2 Å². The van der Waals surface area contributed by atoms with E-state index < -0.39 is 0 Å². The summed E-state index contributed by atoms with van der Waals surface area (Å²) in [5, 5.41) is 13.0. The molecule has 1 heterocycles. The quantitative estimate of drug-likeness (QED) is 0.900. The smallest absolute Gasteiger partial charge is 0.205 e. The highest BCUT2D eigenvalue weighted by atomic mass is 32.1. The van der Waals surface area contributed by atoms with Crippen molar-refractivity contribution in [3.05, 3.63) is 18.2 Å². The molecule has 0 unspecified atom stereocenters. The zero-order valence-corrected chi connectivity index (χ0v) is 11.4. The van der Waals surface area contributed by atoms with Crippen LogP contribution in [0, 0.1) is 0 Å². The highest BCUT2D eigenvalue weighted by molar-refractivity contribution is 7.18. The van der Waals surface area contributed by atoms with E-state index in [1.54, 1.807) is 14.2 Å². The van der Waals surface area contributed by atoms with Gasteiger partial charge < -0.3 is 14.8 Å².